The monoisotopic (exact) mass is 257 g/mol. The third-order valence-electron chi connectivity index (χ3n) is 2.57. The highest BCUT2D eigenvalue weighted by molar-refractivity contribution is 6.10. The van der Waals surface area contributed by atoms with Crippen LogP contribution in [0.15, 0.2) is 17.2 Å². The van der Waals surface area contributed by atoms with E-state index in [4.69, 9.17) is 10.5 Å². The number of amides is 1. The number of nitrogens with one attached hydrogen (secondary N) is 2. The Kier molecular flexibility index (Phi) is 3.39. The summed E-state index contributed by atoms with van der Waals surface area (Å²) >= 11 is 0. The number of nitriles is 2. The Labute approximate surface area is 108 Å². The Morgan fingerprint density at radius 3 is 2.79 bits per heavy atom. The number of halogens is 1. The Morgan fingerprint density at radius 1 is 1.37 bits per heavy atom. The molecule has 2 N–H and O–H groups in total. The number of hydrazone groups is 1. The summed E-state index contributed by atoms with van der Waals surface area (Å²) in [6.07, 6.45) is 0.724. The highest BCUT2D eigenvalue weighted by atomic mass is 19.1. The maximum Gasteiger partial charge on any atom is 0.237 e. The van der Waals surface area contributed by atoms with E-state index in [-0.39, 0.29) is 17.3 Å². The fraction of sp³-hybridized carbons (Fsp3) is 0.167. The van der Waals surface area contributed by atoms with Gasteiger partial charge >= 0.3 is 0 Å². The zero-order valence-electron chi connectivity index (χ0n) is 9.70. The van der Waals surface area contributed by atoms with Gasteiger partial charge in [0.05, 0.1) is 11.4 Å². The first-order valence-electron chi connectivity index (χ1n) is 5.40. The molecule has 1 aromatic carbocycles. The third-order valence-corrected chi connectivity index (χ3v) is 2.57. The standard InChI is InChI=1S/C12H8FN5O/c13-10-4-8(17-18-9(5-14)6-15)3-7-1-2-11(19)16-12(7)10/h3-4,17H,1-2H2,(H,16,19). The molecule has 0 fully saturated rings. The predicted molar refractivity (Wildman–Crippen MR) is 65.6 cm³/mol. The molecule has 0 spiro atoms. The molecule has 0 bridgehead atoms. The molecule has 0 aliphatic carbocycles. The number of carbonyl (C=O) groups excluding carboxylic acids is 1. The van der Waals surface area contributed by atoms with Crippen LogP contribution in [0.3, 0.4) is 0 Å². The quantitative estimate of drug-likeness (QED) is 0.619. The molecular weight excluding hydrogens is 249 g/mol. The van der Waals surface area contributed by atoms with Crippen LogP contribution in [0.4, 0.5) is 15.8 Å². The van der Waals surface area contributed by atoms with Gasteiger partial charge in [0.25, 0.3) is 0 Å². The lowest BCUT2D eigenvalue weighted by Gasteiger charge is -2.18. The molecule has 1 aliphatic heterocycles. The lowest BCUT2D eigenvalue weighted by atomic mass is 10.0. The number of carbonyl (C=O) groups is 1. The van der Waals surface area contributed by atoms with Crippen LogP contribution in [0.2, 0.25) is 0 Å². The van der Waals surface area contributed by atoms with Crippen molar-refractivity contribution in [2.75, 3.05) is 10.7 Å². The SMILES string of the molecule is N#CC(C#N)=NNc1cc(F)c2c(c1)CCC(=O)N2. The minimum atomic E-state index is -0.585. The molecular formula is C12H8FN5O. The lowest BCUT2D eigenvalue weighted by molar-refractivity contribution is -0.116. The number of aryl methyl sites for hydroxylation is 1. The normalized spacial score (nSPS) is 12.5. The van der Waals surface area contributed by atoms with Crippen LogP contribution in [0.1, 0.15) is 12.0 Å². The summed E-state index contributed by atoms with van der Waals surface area (Å²) in [5.74, 6) is -0.805. The number of nitrogens with zero attached hydrogens (tertiary/aromatic N) is 3. The molecule has 6 nitrogen and oxygen atoms in total. The van der Waals surface area contributed by atoms with E-state index in [1.54, 1.807) is 18.2 Å². The molecule has 0 radical (unpaired) electrons. The van der Waals surface area contributed by atoms with Gasteiger partial charge in [0.15, 0.2) is 0 Å². The zero-order valence-corrected chi connectivity index (χ0v) is 9.70. The second-order valence-electron chi connectivity index (χ2n) is 3.84. The number of hydrogen-bond acceptors (Lipinski definition) is 5. The van der Waals surface area contributed by atoms with E-state index < -0.39 is 5.82 Å². The molecule has 0 atom stereocenters. The number of hydrogen-bond donors (Lipinski definition) is 2. The van der Waals surface area contributed by atoms with Crippen molar-refractivity contribution < 1.29 is 9.18 Å². The Morgan fingerprint density at radius 2 is 2.11 bits per heavy atom. The van der Waals surface area contributed by atoms with Crippen LogP contribution in [0.25, 0.3) is 0 Å². The molecule has 94 valence electrons. The molecule has 0 unspecified atom stereocenters. The molecule has 0 aromatic heterocycles. The first-order chi connectivity index (χ1) is 9.13. The van der Waals surface area contributed by atoms with E-state index in [0.29, 0.717) is 24.1 Å². The molecule has 2 rings (SSSR count). The second-order valence-corrected chi connectivity index (χ2v) is 3.84. The predicted octanol–water partition coefficient (Wildman–Crippen LogP) is 1.53. The fourth-order valence-corrected chi connectivity index (χ4v) is 1.71. The Hall–Kier alpha value is -2.93. The van der Waals surface area contributed by atoms with Gasteiger partial charge in [0.2, 0.25) is 11.6 Å². The third kappa shape index (κ3) is 2.67. The first-order valence-corrected chi connectivity index (χ1v) is 5.40. The summed E-state index contributed by atoms with van der Waals surface area (Å²) < 4.78 is 13.8. The Bertz CT molecular complexity index is 637. The van der Waals surface area contributed by atoms with E-state index in [9.17, 15) is 9.18 Å². The summed E-state index contributed by atoms with van der Waals surface area (Å²) in [7, 11) is 0. The van der Waals surface area contributed by atoms with Crippen molar-refractivity contribution in [1.29, 1.82) is 10.5 Å². The summed E-state index contributed by atoms with van der Waals surface area (Å²) in [5.41, 5.74) is 3.22. The van der Waals surface area contributed by atoms with Crippen molar-refractivity contribution >= 4 is 23.0 Å². The topological polar surface area (TPSA) is 101 Å². The summed E-state index contributed by atoms with van der Waals surface area (Å²) in [5, 5.41) is 23.0. The fourth-order valence-electron chi connectivity index (χ4n) is 1.71. The average molecular weight is 257 g/mol. The summed E-state index contributed by atoms with van der Waals surface area (Å²) in [6.45, 7) is 0. The van der Waals surface area contributed by atoms with Gasteiger partial charge in [0, 0.05) is 12.5 Å². The van der Waals surface area contributed by atoms with Gasteiger partial charge in [0.1, 0.15) is 18.0 Å². The number of anilines is 2. The largest absolute Gasteiger partial charge is 0.323 e. The van der Waals surface area contributed by atoms with Crippen LogP contribution in [0.5, 0.6) is 0 Å². The highest BCUT2D eigenvalue weighted by Crippen LogP contribution is 2.29. The van der Waals surface area contributed by atoms with E-state index in [1.807, 2.05) is 0 Å². The van der Waals surface area contributed by atoms with Gasteiger partial charge in [-0.05, 0) is 18.1 Å². The number of benzene rings is 1. The van der Waals surface area contributed by atoms with Crippen molar-refractivity contribution in [3.05, 3.63) is 23.5 Å². The molecule has 0 saturated carbocycles. The van der Waals surface area contributed by atoms with Crippen molar-refractivity contribution in [2.24, 2.45) is 5.10 Å². The highest BCUT2D eigenvalue weighted by Gasteiger charge is 2.19. The molecule has 1 amide bonds. The maximum atomic E-state index is 13.8. The van der Waals surface area contributed by atoms with Crippen molar-refractivity contribution in [3.8, 4) is 12.1 Å². The van der Waals surface area contributed by atoms with Crippen LogP contribution in [-0.4, -0.2) is 11.6 Å². The number of fused-ring (bicyclic) bond motifs is 1. The smallest absolute Gasteiger partial charge is 0.237 e. The van der Waals surface area contributed by atoms with Crippen molar-refractivity contribution in [3.63, 3.8) is 0 Å². The van der Waals surface area contributed by atoms with Crippen LogP contribution in [-0.2, 0) is 11.2 Å². The van der Waals surface area contributed by atoms with E-state index >= 15 is 0 Å². The molecule has 1 heterocycles. The van der Waals surface area contributed by atoms with Gasteiger partial charge in [-0.3, -0.25) is 10.2 Å². The van der Waals surface area contributed by atoms with E-state index in [2.05, 4.69) is 15.8 Å². The minimum Gasteiger partial charge on any atom is -0.323 e. The maximum absolute atomic E-state index is 13.8. The molecule has 1 aliphatic rings. The van der Waals surface area contributed by atoms with Gasteiger partial charge in [-0.25, -0.2) is 4.39 Å². The van der Waals surface area contributed by atoms with Crippen LogP contribution >= 0.6 is 0 Å². The minimum absolute atomic E-state index is 0.173. The van der Waals surface area contributed by atoms with Gasteiger partial charge in [-0.2, -0.15) is 15.6 Å². The molecule has 7 heteroatoms. The van der Waals surface area contributed by atoms with Crippen LogP contribution in [0, 0.1) is 28.5 Å². The molecule has 19 heavy (non-hydrogen) atoms. The van der Waals surface area contributed by atoms with Gasteiger partial charge < -0.3 is 5.32 Å². The molecule has 1 aromatic rings. The van der Waals surface area contributed by atoms with E-state index in [0.717, 1.165) is 6.07 Å². The van der Waals surface area contributed by atoms with Crippen molar-refractivity contribution in [1.82, 2.24) is 0 Å². The zero-order chi connectivity index (χ0) is 13.8. The number of rotatable bonds is 2. The molecule has 0 saturated heterocycles. The van der Waals surface area contributed by atoms with Gasteiger partial charge in [-0.15, -0.1) is 0 Å². The second kappa shape index (κ2) is 5.15. The van der Waals surface area contributed by atoms with Crippen molar-refractivity contribution in [2.45, 2.75) is 12.8 Å². The van der Waals surface area contributed by atoms with Gasteiger partial charge in [-0.1, -0.05) is 0 Å². The lowest BCUT2D eigenvalue weighted by Crippen LogP contribution is -2.20. The summed E-state index contributed by atoms with van der Waals surface area (Å²) in [6, 6.07) is 5.92. The van der Waals surface area contributed by atoms with E-state index in [1.165, 1.54) is 0 Å². The summed E-state index contributed by atoms with van der Waals surface area (Å²) in [4.78, 5) is 11.2. The first kappa shape index (κ1) is 12.5. The Balaban J connectivity index is 2.29. The average Bonchev–Trinajstić information content (AvgIpc) is 2.41. The van der Waals surface area contributed by atoms with Crippen LogP contribution < -0.4 is 10.7 Å².